The van der Waals surface area contributed by atoms with Gasteiger partial charge in [0.1, 0.15) is 12.4 Å². The highest BCUT2D eigenvalue weighted by molar-refractivity contribution is 5.24. The molecule has 0 radical (unpaired) electrons. The van der Waals surface area contributed by atoms with E-state index in [1.165, 1.54) is 5.57 Å². The van der Waals surface area contributed by atoms with Crippen LogP contribution in [0.4, 0.5) is 0 Å². The van der Waals surface area contributed by atoms with Crippen LogP contribution in [0.15, 0.2) is 59.9 Å². The summed E-state index contributed by atoms with van der Waals surface area (Å²) < 4.78 is 5.61. The molecule has 0 saturated carbocycles. The third-order valence-corrected chi connectivity index (χ3v) is 2.06. The van der Waals surface area contributed by atoms with Gasteiger partial charge in [0.15, 0.2) is 0 Å². The summed E-state index contributed by atoms with van der Waals surface area (Å²) in [5.41, 5.74) is 4.32. The van der Waals surface area contributed by atoms with Crippen LogP contribution in [0.3, 0.4) is 0 Å². The van der Waals surface area contributed by atoms with Crippen LogP contribution in [-0.4, -0.2) is 6.61 Å². The molecule has 0 saturated heterocycles. The smallest absolute Gasteiger partial charge is 0.119 e. The molecule has 14 heavy (non-hydrogen) atoms. The first-order valence-corrected chi connectivity index (χ1v) is 4.72. The van der Waals surface area contributed by atoms with Crippen LogP contribution in [0, 0.1) is 0 Å². The van der Waals surface area contributed by atoms with Crippen molar-refractivity contribution in [3.8, 4) is 5.75 Å². The fourth-order valence-electron chi connectivity index (χ4n) is 1.29. The van der Waals surface area contributed by atoms with Gasteiger partial charge in [0.2, 0.25) is 0 Å². The lowest BCUT2D eigenvalue weighted by atomic mass is 10.1. The van der Waals surface area contributed by atoms with Crippen LogP contribution in [0.25, 0.3) is 0 Å². The van der Waals surface area contributed by atoms with Gasteiger partial charge in [0.25, 0.3) is 0 Å². The minimum absolute atomic E-state index is 0.665. The molecular weight excluding hydrogens is 172 g/mol. The zero-order chi connectivity index (χ0) is 9.64. The second-order valence-corrected chi connectivity index (χ2v) is 3.17. The molecule has 0 spiro atoms. The second-order valence-electron chi connectivity index (χ2n) is 3.17. The second kappa shape index (κ2) is 4.50. The number of hydrogen-bond donors (Lipinski definition) is 0. The SMILES string of the molecule is C1=CC=C(COc2ccccc2)CC=1. The van der Waals surface area contributed by atoms with Crippen LogP contribution in [0.2, 0.25) is 0 Å². The average Bonchev–Trinajstić information content (AvgIpc) is 2.29. The third-order valence-electron chi connectivity index (χ3n) is 2.06. The lowest BCUT2D eigenvalue weighted by Gasteiger charge is -2.08. The Kier molecular flexibility index (Phi) is 2.85. The summed E-state index contributed by atoms with van der Waals surface area (Å²) in [6.07, 6.45) is 6.95. The lowest BCUT2D eigenvalue weighted by molar-refractivity contribution is 0.349. The highest BCUT2D eigenvalue weighted by Gasteiger charge is 1.98. The van der Waals surface area contributed by atoms with Crippen molar-refractivity contribution in [2.75, 3.05) is 6.61 Å². The number of allylic oxidation sites excluding steroid dienone is 2. The number of benzene rings is 1. The molecule has 1 aromatic carbocycles. The molecule has 1 aromatic rings. The summed E-state index contributed by atoms with van der Waals surface area (Å²) in [4.78, 5) is 0. The molecule has 1 nitrogen and oxygen atoms in total. The molecule has 70 valence electrons. The molecule has 0 amide bonds. The van der Waals surface area contributed by atoms with Gasteiger partial charge in [0, 0.05) is 0 Å². The van der Waals surface area contributed by atoms with Crippen molar-refractivity contribution in [2.45, 2.75) is 6.42 Å². The Balaban J connectivity index is 1.89. The van der Waals surface area contributed by atoms with Crippen LogP contribution in [0.5, 0.6) is 5.75 Å². The molecule has 1 heteroatoms. The number of para-hydroxylation sites is 1. The summed E-state index contributed by atoms with van der Waals surface area (Å²) >= 11 is 0. The predicted molar refractivity (Wildman–Crippen MR) is 57.3 cm³/mol. The molecule has 0 unspecified atom stereocenters. The third kappa shape index (κ3) is 2.38. The van der Waals surface area contributed by atoms with Gasteiger partial charge in [-0.1, -0.05) is 24.3 Å². The quantitative estimate of drug-likeness (QED) is 0.656. The number of hydrogen-bond acceptors (Lipinski definition) is 1. The van der Waals surface area contributed by atoms with Gasteiger partial charge in [-0.3, -0.25) is 0 Å². The van der Waals surface area contributed by atoms with Gasteiger partial charge < -0.3 is 4.74 Å². The Morgan fingerprint density at radius 3 is 2.79 bits per heavy atom. The Bertz CT molecular complexity index is 381. The van der Waals surface area contributed by atoms with E-state index in [1.54, 1.807) is 0 Å². The van der Waals surface area contributed by atoms with E-state index in [0.717, 1.165) is 12.2 Å². The van der Waals surface area contributed by atoms with Gasteiger partial charge >= 0.3 is 0 Å². The highest BCUT2D eigenvalue weighted by Crippen LogP contribution is 2.12. The molecule has 0 heterocycles. The van der Waals surface area contributed by atoms with Crippen LogP contribution < -0.4 is 4.74 Å². The molecule has 0 N–H and O–H groups in total. The summed E-state index contributed by atoms with van der Waals surface area (Å²) in [7, 11) is 0. The van der Waals surface area contributed by atoms with E-state index in [-0.39, 0.29) is 0 Å². The predicted octanol–water partition coefficient (Wildman–Crippen LogP) is 3.11. The molecule has 0 fully saturated rings. The summed E-state index contributed by atoms with van der Waals surface area (Å²) in [6, 6.07) is 9.87. The van der Waals surface area contributed by atoms with Crippen molar-refractivity contribution in [1.29, 1.82) is 0 Å². The summed E-state index contributed by atoms with van der Waals surface area (Å²) in [6.45, 7) is 0.665. The van der Waals surface area contributed by atoms with Crippen molar-refractivity contribution in [1.82, 2.24) is 0 Å². The normalized spacial score (nSPS) is 13.9. The van der Waals surface area contributed by atoms with E-state index in [9.17, 15) is 0 Å². The topological polar surface area (TPSA) is 9.23 Å². The highest BCUT2D eigenvalue weighted by atomic mass is 16.5. The maximum Gasteiger partial charge on any atom is 0.119 e. The van der Waals surface area contributed by atoms with Gasteiger partial charge in [-0.05, 0) is 36.3 Å². The molecule has 1 aliphatic rings. The zero-order valence-corrected chi connectivity index (χ0v) is 7.94. The van der Waals surface area contributed by atoms with Gasteiger partial charge in [-0.15, -0.1) is 5.73 Å². The maximum absolute atomic E-state index is 5.61. The van der Waals surface area contributed by atoms with Crippen molar-refractivity contribution in [2.24, 2.45) is 0 Å². The molecule has 2 rings (SSSR count). The van der Waals surface area contributed by atoms with E-state index in [0.29, 0.717) is 6.61 Å². The minimum atomic E-state index is 0.665. The fourth-order valence-corrected chi connectivity index (χ4v) is 1.29. The van der Waals surface area contributed by atoms with Crippen molar-refractivity contribution in [3.63, 3.8) is 0 Å². The number of rotatable bonds is 3. The lowest BCUT2D eigenvalue weighted by Crippen LogP contribution is -2.01. The van der Waals surface area contributed by atoms with Gasteiger partial charge in [-0.25, -0.2) is 0 Å². The largest absolute Gasteiger partial charge is 0.489 e. The first-order valence-electron chi connectivity index (χ1n) is 4.72. The molecule has 0 aliphatic heterocycles. The summed E-state index contributed by atoms with van der Waals surface area (Å²) in [5.74, 6) is 0.923. The van der Waals surface area contributed by atoms with Gasteiger partial charge in [-0.2, -0.15) is 0 Å². The summed E-state index contributed by atoms with van der Waals surface area (Å²) in [5, 5.41) is 0. The fraction of sp³-hybridized carbons (Fsp3) is 0.154. The molecule has 0 aromatic heterocycles. The molecule has 0 atom stereocenters. The van der Waals surface area contributed by atoms with Crippen LogP contribution in [-0.2, 0) is 0 Å². The molecular formula is C13H12O. The first-order chi connectivity index (χ1) is 6.95. The van der Waals surface area contributed by atoms with Crippen LogP contribution >= 0.6 is 0 Å². The van der Waals surface area contributed by atoms with Crippen molar-refractivity contribution >= 4 is 0 Å². The van der Waals surface area contributed by atoms with E-state index in [1.807, 2.05) is 42.5 Å². The molecule has 0 bridgehead atoms. The monoisotopic (exact) mass is 184 g/mol. The average molecular weight is 184 g/mol. The Morgan fingerprint density at radius 1 is 1.21 bits per heavy atom. The van der Waals surface area contributed by atoms with Crippen LogP contribution in [0.1, 0.15) is 6.42 Å². The standard InChI is InChI=1S/C13H12O/c1-3-7-12(8-4-1)11-14-13-9-5-2-6-10-13/h2-7,9-10H,8,11H2. The Labute approximate surface area is 84.0 Å². The van der Waals surface area contributed by atoms with E-state index in [2.05, 4.69) is 11.8 Å². The van der Waals surface area contributed by atoms with E-state index in [4.69, 9.17) is 4.74 Å². The molecule has 1 aliphatic carbocycles. The van der Waals surface area contributed by atoms with Crippen molar-refractivity contribution in [3.05, 3.63) is 59.9 Å². The minimum Gasteiger partial charge on any atom is -0.489 e. The van der Waals surface area contributed by atoms with Gasteiger partial charge in [0.05, 0.1) is 0 Å². The first kappa shape index (κ1) is 8.86. The Hall–Kier alpha value is -1.72. The van der Waals surface area contributed by atoms with E-state index >= 15 is 0 Å². The van der Waals surface area contributed by atoms with Crippen molar-refractivity contribution < 1.29 is 4.74 Å². The zero-order valence-electron chi connectivity index (χ0n) is 7.94. The number of ether oxygens (including phenoxy) is 1. The van der Waals surface area contributed by atoms with E-state index < -0.39 is 0 Å². The maximum atomic E-state index is 5.61. The Morgan fingerprint density at radius 2 is 2.07 bits per heavy atom.